The van der Waals surface area contributed by atoms with Crippen molar-refractivity contribution in [2.45, 2.75) is 31.8 Å². The molecular formula is C14H21NO2. The maximum Gasteiger partial charge on any atom is 0.161 e. The van der Waals surface area contributed by atoms with E-state index in [1.165, 1.54) is 19.3 Å². The summed E-state index contributed by atoms with van der Waals surface area (Å²) in [4.78, 5) is 0. The van der Waals surface area contributed by atoms with Gasteiger partial charge in [-0.1, -0.05) is 18.6 Å². The maximum atomic E-state index is 6.08. The molecule has 0 aromatic heterocycles. The molecule has 0 heterocycles. The fraction of sp³-hybridized carbons (Fsp3) is 0.571. The Labute approximate surface area is 103 Å². The lowest BCUT2D eigenvalue weighted by Gasteiger charge is -2.31. The summed E-state index contributed by atoms with van der Waals surface area (Å²) in [7, 11) is 1.67. The van der Waals surface area contributed by atoms with Crippen LogP contribution in [0.5, 0.6) is 11.5 Å². The minimum absolute atomic E-state index is 0.241. The van der Waals surface area contributed by atoms with E-state index in [2.05, 4.69) is 0 Å². The number of methoxy groups -OCH3 is 1. The van der Waals surface area contributed by atoms with Gasteiger partial charge < -0.3 is 15.2 Å². The number of ether oxygens (including phenoxy) is 2. The summed E-state index contributed by atoms with van der Waals surface area (Å²) >= 11 is 0. The molecule has 3 heteroatoms. The van der Waals surface area contributed by atoms with Crippen LogP contribution in [0.4, 0.5) is 0 Å². The summed E-state index contributed by atoms with van der Waals surface area (Å²) in [5, 5.41) is 0. The van der Waals surface area contributed by atoms with E-state index in [9.17, 15) is 0 Å². The number of hydrogen-bond acceptors (Lipinski definition) is 3. The third-order valence-electron chi connectivity index (χ3n) is 3.49. The van der Waals surface area contributed by atoms with E-state index < -0.39 is 0 Å². The van der Waals surface area contributed by atoms with Crippen LogP contribution in [-0.2, 0) is 0 Å². The normalized spacial score (nSPS) is 24.4. The number of nitrogens with two attached hydrogens (primary N) is 1. The zero-order valence-electron chi connectivity index (χ0n) is 10.4. The van der Waals surface area contributed by atoms with Crippen molar-refractivity contribution in [3.05, 3.63) is 24.3 Å². The lowest BCUT2D eigenvalue weighted by atomic mass is 9.86. The van der Waals surface area contributed by atoms with Crippen LogP contribution in [0.3, 0.4) is 0 Å². The molecule has 2 atom stereocenters. The molecule has 2 unspecified atom stereocenters. The number of hydrogen-bond donors (Lipinski definition) is 1. The van der Waals surface area contributed by atoms with Gasteiger partial charge in [0.2, 0.25) is 0 Å². The van der Waals surface area contributed by atoms with Gasteiger partial charge in [0.1, 0.15) is 6.10 Å². The van der Waals surface area contributed by atoms with Crippen LogP contribution in [0.15, 0.2) is 24.3 Å². The predicted octanol–water partition coefficient (Wildman–Crippen LogP) is 2.59. The SMILES string of the molecule is COc1ccccc1OC1CCCCC1CN. The first kappa shape index (κ1) is 12.2. The molecule has 0 spiro atoms. The molecule has 2 rings (SSSR count). The second-order valence-corrected chi connectivity index (χ2v) is 4.59. The van der Waals surface area contributed by atoms with E-state index in [1.54, 1.807) is 7.11 Å². The van der Waals surface area contributed by atoms with Crippen molar-refractivity contribution in [2.24, 2.45) is 11.7 Å². The summed E-state index contributed by atoms with van der Waals surface area (Å²) in [6.45, 7) is 0.708. The van der Waals surface area contributed by atoms with E-state index in [1.807, 2.05) is 24.3 Å². The number of rotatable bonds is 4. The molecule has 1 saturated carbocycles. The van der Waals surface area contributed by atoms with E-state index in [0.29, 0.717) is 12.5 Å². The highest BCUT2D eigenvalue weighted by Crippen LogP contribution is 2.32. The minimum Gasteiger partial charge on any atom is -0.493 e. The van der Waals surface area contributed by atoms with E-state index in [0.717, 1.165) is 17.9 Å². The Morgan fingerprint density at radius 1 is 1.18 bits per heavy atom. The van der Waals surface area contributed by atoms with Gasteiger partial charge in [-0.15, -0.1) is 0 Å². The molecule has 17 heavy (non-hydrogen) atoms. The smallest absolute Gasteiger partial charge is 0.161 e. The molecule has 1 aliphatic rings. The average Bonchev–Trinajstić information content (AvgIpc) is 2.40. The first-order chi connectivity index (χ1) is 8.35. The van der Waals surface area contributed by atoms with Gasteiger partial charge in [-0.2, -0.15) is 0 Å². The molecule has 0 aliphatic heterocycles. The highest BCUT2D eigenvalue weighted by molar-refractivity contribution is 5.39. The Hall–Kier alpha value is -1.22. The van der Waals surface area contributed by atoms with Crippen molar-refractivity contribution in [3.8, 4) is 11.5 Å². The van der Waals surface area contributed by atoms with Crippen LogP contribution < -0.4 is 15.2 Å². The average molecular weight is 235 g/mol. The molecular weight excluding hydrogens is 214 g/mol. The third-order valence-corrected chi connectivity index (χ3v) is 3.49. The molecule has 0 bridgehead atoms. The van der Waals surface area contributed by atoms with Gasteiger partial charge in [-0.05, 0) is 37.9 Å². The number of benzene rings is 1. The Morgan fingerprint density at radius 2 is 1.88 bits per heavy atom. The van der Waals surface area contributed by atoms with E-state index >= 15 is 0 Å². The fourth-order valence-electron chi connectivity index (χ4n) is 2.48. The van der Waals surface area contributed by atoms with Crippen molar-refractivity contribution in [2.75, 3.05) is 13.7 Å². The van der Waals surface area contributed by atoms with Gasteiger partial charge in [0, 0.05) is 5.92 Å². The Bertz CT molecular complexity index is 354. The first-order valence-corrected chi connectivity index (χ1v) is 6.35. The largest absolute Gasteiger partial charge is 0.493 e. The van der Waals surface area contributed by atoms with Gasteiger partial charge in [-0.25, -0.2) is 0 Å². The second-order valence-electron chi connectivity index (χ2n) is 4.59. The van der Waals surface area contributed by atoms with Crippen LogP contribution >= 0.6 is 0 Å². The van der Waals surface area contributed by atoms with Gasteiger partial charge in [-0.3, -0.25) is 0 Å². The van der Waals surface area contributed by atoms with Crippen LogP contribution in [0.1, 0.15) is 25.7 Å². The summed E-state index contributed by atoms with van der Waals surface area (Å²) in [5.74, 6) is 2.11. The highest BCUT2D eigenvalue weighted by Gasteiger charge is 2.26. The standard InChI is InChI=1S/C14H21NO2/c1-16-13-8-4-5-9-14(13)17-12-7-3-2-6-11(12)10-15/h4-5,8-9,11-12H,2-3,6-7,10,15H2,1H3. The molecule has 0 amide bonds. The molecule has 0 saturated heterocycles. The monoisotopic (exact) mass is 235 g/mol. The molecule has 1 fully saturated rings. The molecule has 1 aromatic carbocycles. The van der Waals surface area contributed by atoms with Crippen LogP contribution in [0, 0.1) is 5.92 Å². The van der Waals surface area contributed by atoms with Gasteiger partial charge in [0.15, 0.2) is 11.5 Å². The molecule has 3 nitrogen and oxygen atoms in total. The summed E-state index contributed by atoms with van der Waals surface area (Å²) in [6.07, 6.45) is 5.02. The minimum atomic E-state index is 0.241. The fourth-order valence-corrected chi connectivity index (χ4v) is 2.48. The van der Waals surface area contributed by atoms with Crippen molar-refractivity contribution < 1.29 is 9.47 Å². The van der Waals surface area contributed by atoms with Gasteiger partial charge in [0.05, 0.1) is 7.11 Å². The van der Waals surface area contributed by atoms with Crippen molar-refractivity contribution in [3.63, 3.8) is 0 Å². The van der Waals surface area contributed by atoms with Crippen LogP contribution in [0.2, 0.25) is 0 Å². The van der Waals surface area contributed by atoms with Gasteiger partial charge >= 0.3 is 0 Å². The molecule has 0 radical (unpaired) electrons. The Balaban J connectivity index is 2.08. The quantitative estimate of drug-likeness (QED) is 0.872. The summed E-state index contributed by atoms with van der Waals surface area (Å²) < 4.78 is 11.4. The Morgan fingerprint density at radius 3 is 2.59 bits per heavy atom. The van der Waals surface area contributed by atoms with Crippen LogP contribution in [0.25, 0.3) is 0 Å². The number of para-hydroxylation sites is 2. The lowest BCUT2D eigenvalue weighted by Crippen LogP contribution is -2.35. The summed E-state index contributed by atoms with van der Waals surface area (Å²) in [5.41, 5.74) is 5.81. The first-order valence-electron chi connectivity index (χ1n) is 6.35. The van der Waals surface area contributed by atoms with Crippen LogP contribution in [-0.4, -0.2) is 19.8 Å². The molecule has 94 valence electrons. The highest BCUT2D eigenvalue weighted by atomic mass is 16.5. The lowest BCUT2D eigenvalue weighted by molar-refractivity contribution is 0.0937. The maximum absolute atomic E-state index is 6.08. The van der Waals surface area contributed by atoms with Crippen molar-refractivity contribution in [1.29, 1.82) is 0 Å². The topological polar surface area (TPSA) is 44.5 Å². The Kier molecular flexibility index (Phi) is 4.26. The van der Waals surface area contributed by atoms with E-state index in [-0.39, 0.29) is 6.10 Å². The molecule has 1 aromatic rings. The second kappa shape index (κ2) is 5.92. The summed E-state index contributed by atoms with van der Waals surface area (Å²) in [6, 6.07) is 7.81. The molecule has 2 N–H and O–H groups in total. The zero-order chi connectivity index (χ0) is 12.1. The van der Waals surface area contributed by atoms with Gasteiger partial charge in [0.25, 0.3) is 0 Å². The third kappa shape index (κ3) is 2.91. The molecule has 1 aliphatic carbocycles. The zero-order valence-corrected chi connectivity index (χ0v) is 10.4. The predicted molar refractivity (Wildman–Crippen MR) is 68.4 cm³/mol. The van der Waals surface area contributed by atoms with Crippen molar-refractivity contribution >= 4 is 0 Å². The van der Waals surface area contributed by atoms with Crippen molar-refractivity contribution in [1.82, 2.24) is 0 Å². The van der Waals surface area contributed by atoms with E-state index in [4.69, 9.17) is 15.2 Å².